The van der Waals surface area contributed by atoms with E-state index in [-0.39, 0.29) is 5.91 Å². The van der Waals surface area contributed by atoms with Crippen molar-refractivity contribution in [3.8, 4) is 0 Å². The van der Waals surface area contributed by atoms with Gasteiger partial charge in [-0.2, -0.15) is 0 Å². The fraction of sp³-hybridized carbons (Fsp3) is 0.263. The number of carbonyl (C=O) groups excluding carboxylic acids is 2. The van der Waals surface area contributed by atoms with Crippen molar-refractivity contribution in [3.63, 3.8) is 0 Å². The van der Waals surface area contributed by atoms with Gasteiger partial charge in [0.1, 0.15) is 0 Å². The summed E-state index contributed by atoms with van der Waals surface area (Å²) in [6, 6.07) is 16.6. The van der Waals surface area contributed by atoms with Gasteiger partial charge >= 0.3 is 6.03 Å². The second kappa shape index (κ2) is 8.72. The Morgan fingerprint density at radius 3 is 2.25 bits per heavy atom. The van der Waals surface area contributed by atoms with E-state index in [0.717, 1.165) is 17.5 Å². The Morgan fingerprint density at radius 1 is 1.00 bits per heavy atom. The van der Waals surface area contributed by atoms with Gasteiger partial charge < -0.3 is 16.0 Å². The summed E-state index contributed by atoms with van der Waals surface area (Å²) >= 11 is 0. The van der Waals surface area contributed by atoms with E-state index in [1.54, 1.807) is 12.1 Å². The fourth-order valence-electron chi connectivity index (χ4n) is 2.46. The van der Waals surface area contributed by atoms with Crippen molar-refractivity contribution in [1.82, 2.24) is 10.2 Å². The van der Waals surface area contributed by atoms with Crippen molar-refractivity contribution in [2.24, 2.45) is 5.73 Å². The highest BCUT2D eigenvalue weighted by atomic mass is 16.2. The molecule has 0 saturated carbocycles. The number of nitrogens with zero attached hydrogens (tertiary/aromatic N) is 1. The van der Waals surface area contributed by atoms with Gasteiger partial charge in [0.25, 0.3) is 5.91 Å². The molecule has 2 rings (SSSR count). The summed E-state index contributed by atoms with van der Waals surface area (Å²) in [5.74, 6) is 0.00936. The number of primary amides is 1. The first-order valence-corrected chi connectivity index (χ1v) is 8.05. The molecule has 24 heavy (non-hydrogen) atoms. The van der Waals surface area contributed by atoms with Crippen LogP contribution in [0.2, 0.25) is 0 Å². The number of hydrogen-bond donors (Lipinski definition) is 2. The largest absolute Gasteiger partial charge is 0.352 e. The van der Waals surface area contributed by atoms with E-state index in [4.69, 9.17) is 5.73 Å². The third kappa shape index (κ3) is 5.12. The highest BCUT2D eigenvalue weighted by Gasteiger charge is 2.15. The normalized spacial score (nSPS) is 10.2. The lowest BCUT2D eigenvalue weighted by Crippen LogP contribution is -2.31. The van der Waals surface area contributed by atoms with E-state index in [1.165, 1.54) is 0 Å². The van der Waals surface area contributed by atoms with Gasteiger partial charge in [-0.3, -0.25) is 4.79 Å². The molecular weight excluding hydrogens is 302 g/mol. The van der Waals surface area contributed by atoms with Crippen molar-refractivity contribution in [2.75, 3.05) is 6.54 Å². The van der Waals surface area contributed by atoms with E-state index in [9.17, 15) is 9.59 Å². The van der Waals surface area contributed by atoms with Crippen molar-refractivity contribution < 1.29 is 9.59 Å². The predicted molar refractivity (Wildman–Crippen MR) is 94.3 cm³/mol. The summed E-state index contributed by atoms with van der Waals surface area (Å²) < 4.78 is 0. The van der Waals surface area contributed by atoms with Crippen LogP contribution < -0.4 is 11.1 Å². The summed E-state index contributed by atoms with van der Waals surface area (Å²) in [7, 11) is 0. The van der Waals surface area contributed by atoms with E-state index >= 15 is 0 Å². The number of nitrogens with one attached hydrogen (secondary N) is 1. The number of hydrogen-bond acceptors (Lipinski definition) is 2. The number of benzene rings is 2. The molecule has 0 fully saturated rings. The smallest absolute Gasteiger partial charge is 0.312 e. The van der Waals surface area contributed by atoms with Gasteiger partial charge in [0, 0.05) is 25.2 Å². The molecule has 5 heteroatoms. The van der Waals surface area contributed by atoms with Crippen LogP contribution in [-0.4, -0.2) is 23.4 Å². The van der Waals surface area contributed by atoms with Crippen LogP contribution in [-0.2, 0) is 13.1 Å². The first-order valence-electron chi connectivity index (χ1n) is 8.05. The lowest BCUT2D eigenvalue weighted by molar-refractivity contribution is 0.0743. The van der Waals surface area contributed by atoms with Gasteiger partial charge in [0.15, 0.2) is 0 Å². The van der Waals surface area contributed by atoms with Crippen LogP contribution in [0.15, 0.2) is 54.6 Å². The van der Waals surface area contributed by atoms with Crippen LogP contribution >= 0.6 is 0 Å². The maximum absolute atomic E-state index is 12.8. The first kappa shape index (κ1) is 17.5. The Morgan fingerprint density at radius 2 is 1.67 bits per heavy atom. The maximum atomic E-state index is 12.8. The minimum atomic E-state index is -0.563. The molecule has 0 spiro atoms. The van der Waals surface area contributed by atoms with Gasteiger partial charge in [-0.05, 0) is 29.7 Å². The van der Waals surface area contributed by atoms with E-state index in [0.29, 0.717) is 25.2 Å². The Balaban J connectivity index is 2.07. The molecule has 0 aliphatic heterocycles. The standard InChI is InChI=1S/C19H23N3O2/c1-2-12-22(14-16-6-4-3-5-7-16)18(23)17-10-8-15(9-11-17)13-21-19(20)24/h3-11H,2,12-14H2,1H3,(H3,20,21,24). The Bertz CT molecular complexity index is 669. The number of nitrogens with two attached hydrogens (primary N) is 1. The van der Waals surface area contributed by atoms with Crippen LogP contribution in [0.25, 0.3) is 0 Å². The monoisotopic (exact) mass is 325 g/mol. The lowest BCUT2D eigenvalue weighted by atomic mass is 10.1. The van der Waals surface area contributed by atoms with Crippen molar-refractivity contribution in [1.29, 1.82) is 0 Å². The molecular formula is C19H23N3O2. The highest BCUT2D eigenvalue weighted by molar-refractivity contribution is 5.94. The minimum absolute atomic E-state index is 0.00936. The molecule has 0 aliphatic carbocycles. The zero-order chi connectivity index (χ0) is 17.4. The molecule has 126 valence electrons. The first-order chi connectivity index (χ1) is 11.6. The molecule has 0 aliphatic rings. The predicted octanol–water partition coefficient (Wildman–Crippen LogP) is 2.91. The summed E-state index contributed by atoms with van der Waals surface area (Å²) in [5, 5.41) is 2.53. The minimum Gasteiger partial charge on any atom is -0.352 e. The molecule has 0 unspecified atom stereocenters. The second-order valence-electron chi connectivity index (χ2n) is 5.63. The molecule has 0 atom stereocenters. The zero-order valence-electron chi connectivity index (χ0n) is 13.9. The van der Waals surface area contributed by atoms with Crippen LogP contribution in [0.5, 0.6) is 0 Å². The van der Waals surface area contributed by atoms with E-state index in [2.05, 4.69) is 12.2 Å². The van der Waals surface area contributed by atoms with Gasteiger partial charge in [-0.15, -0.1) is 0 Å². The molecule has 3 amide bonds. The van der Waals surface area contributed by atoms with E-state index in [1.807, 2.05) is 47.4 Å². The molecule has 2 aromatic rings. The number of rotatable bonds is 7. The fourth-order valence-corrected chi connectivity index (χ4v) is 2.46. The molecule has 3 N–H and O–H groups in total. The molecule has 0 bridgehead atoms. The SMILES string of the molecule is CCCN(Cc1ccccc1)C(=O)c1ccc(CNC(N)=O)cc1. The maximum Gasteiger partial charge on any atom is 0.312 e. The van der Waals surface area contributed by atoms with Crippen LogP contribution in [0.4, 0.5) is 4.79 Å². The Hall–Kier alpha value is -2.82. The van der Waals surface area contributed by atoms with Gasteiger partial charge in [-0.1, -0.05) is 49.4 Å². The van der Waals surface area contributed by atoms with Crippen molar-refractivity contribution in [3.05, 3.63) is 71.3 Å². The average Bonchev–Trinajstić information content (AvgIpc) is 2.60. The summed E-state index contributed by atoms with van der Waals surface area (Å²) in [6.45, 7) is 3.72. The molecule has 5 nitrogen and oxygen atoms in total. The van der Waals surface area contributed by atoms with Gasteiger partial charge in [0.2, 0.25) is 0 Å². The Kier molecular flexibility index (Phi) is 6.37. The van der Waals surface area contributed by atoms with Crippen LogP contribution in [0, 0.1) is 0 Å². The zero-order valence-corrected chi connectivity index (χ0v) is 13.9. The lowest BCUT2D eigenvalue weighted by Gasteiger charge is -2.22. The van der Waals surface area contributed by atoms with Crippen LogP contribution in [0.1, 0.15) is 34.8 Å². The van der Waals surface area contributed by atoms with Gasteiger partial charge in [0.05, 0.1) is 0 Å². The summed E-state index contributed by atoms with van der Waals surface area (Å²) in [6.07, 6.45) is 0.902. The van der Waals surface area contributed by atoms with Crippen molar-refractivity contribution in [2.45, 2.75) is 26.4 Å². The average molecular weight is 325 g/mol. The molecule has 0 aromatic heterocycles. The summed E-state index contributed by atoms with van der Waals surface area (Å²) in [4.78, 5) is 25.3. The number of amides is 3. The highest BCUT2D eigenvalue weighted by Crippen LogP contribution is 2.12. The molecule has 0 saturated heterocycles. The van der Waals surface area contributed by atoms with Crippen molar-refractivity contribution >= 4 is 11.9 Å². The molecule has 0 heterocycles. The van der Waals surface area contributed by atoms with E-state index < -0.39 is 6.03 Å². The quantitative estimate of drug-likeness (QED) is 0.821. The molecule has 2 aromatic carbocycles. The van der Waals surface area contributed by atoms with Crippen LogP contribution in [0.3, 0.4) is 0 Å². The third-order valence-electron chi connectivity index (χ3n) is 3.66. The summed E-state index contributed by atoms with van der Waals surface area (Å²) in [5.41, 5.74) is 7.71. The van der Waals surface area contributed by atoms with Gasteiger partial charge in [-0.25, -0.2) is 4.79 Å². The third-order valence-corrected chi connectivity index (χ3v) is 3.66. The number of carbonyl (C=O) groups is 2. The Labute approximate surface area is 142 Å². The number of urea groups is 1. The molecule has 0 radical (unpaired) electrons. The topological polar surface area (TPSA) is 75.4 Å². The second-order valence-corrected chi connectivity index (χ2v) is 5.63.